The van der Waals surface area contributed by atoms with E-state index < -0.39 is 0 Å². The van der Waals surface area contributed by atoms with Gasteiger partial charge in [0.1, 0.15) is 0 Å². The van der Waals surface area contributed by atoms with Crippen molar-refractivity contribution >= 4 is 17.7 Å². The van der Waals surface area contributed by atoms with Crippen molar-refractivity contribution in [2.75, 3.05) is 20.6 Å². The first-order valence-corrected chi connectivity index (χ1v) is 11.9. The van der Waals surface area contributed by atoms with E-state index in [2.05, 4.69) is 13.8 Å². The van der Waals surface area contributed by atoms with E-state index in [1.165, 1.54) is 15.4 Å². The van der Waals surface area contributed by atoms with Gasteiger partial charge >= 0.3 is 6.03 Å². The monoisotopic (exact) mass is 414 g/mol. The average molecular weight is 415 g/mol. The van der Waals surface area contributed by atoms with E-state index in [-0.39, 0.29) is 28.7 Å². The van der Waals surface area contributed by atoms with E-state index in [0.29, 0.717) is 36.5 Å². The van der Waals surface area contributed by atoms with Gasteiger partial charge in [0.2, 0.25) is 5.91 Å². The number of fused-ring (bicyclic) bond motifs is 5. The van der Waals surface area contributed by atoms with E-state index in [1.54, 1.807) is 14.1 Å². The Kier molecular flexibility index (Phi) is 5.39. The molecule has 3 amide bonds. The second-order valence-corrected chi connectivity index (χ2v) is 10.9. The molecule has 3 saturated carbocycles. The Morgan fingerprint density at radius 1 is 1.03 bits per heavy atom. The van der Waals surface area contributed by atoms with Gasteiger partial charge in [-0.25, -0.2) is 4.79 Å². The van der Waals surface area contributed by atoms with E-state index in [4.69, 9.17) is 0 Å². The third-order valence-electron chi connectivity index (χ3n) is 9.46. The Labute approximate surface area is 181 Å². The molecule has 0 aliphatic heterocycles. The molecule has 30 heavy (non-hydrogen) atoms. The van der Waals surface area contributed by atoms with Gasteiger partial charge in [-0.1, -0.05) is 19.4 Å². The van der Waals surface area contributed by atoms with Crippen molar-refractivity contribution in [2.45, 2.75) is 72.1 Å². The number of ketones is 1. The smallest absolute Gasteiger partial charge is 0.326 e. The van der Waals surface area contributed by atoms with Gasteiger partial charge in [-0.3, -0.25) is 14.5 Å². The molecule has 4 aliphatic rings. The van der Waals surface area contributed by atoms with Crippen molar-refractivity contribution in [1.29, 1.82) is 0 Å². The number of urea groups is 1. The normalized spacial score (nSPS) is 40.0. The lowest BCUT2D eigenvalue weighted by Crippen LogP contribution is -2.53. The maximum Gasteiger partial charge on any atom is 0.326 e. The molecule has 0 aromatic carbocycles. The molecule has 0 bridgehead atoms. The Morgan fingerprint density at radius 3 is 2.43 bits per heavy atom. The molecule has 0 unspecified atom stereocenters. The van der Waals surface area contributed by atoms with Crippen LogP contribution in [0.5, 0.6) is 0 Å². The van der Waals surface area contributed by atoms with E-state index in [9.17, 15) is 14.4 Å². The largest absolute Gasteiger partial charge is 0.330 e. The van der Waals surface area contributed by atoms with Gasteiger partial charge in [-0.15, -0.1) is 0 Å². The van der Waals surface area contributed by atoms with Crippen LogP contribution in [0.2, 0.25) is 0 Å². The maximum absolute atomic E-state index is 13.5. The van der Waals surface area contributed by atoms with Gasteiger partial charge in [-0.05, 0) is 86.5 Å². The summed E-state index contributed by atoms with van der Waals surface area (Å²) in [5, 5.41) is 0. The molecule has 0 saturated heterocycles. The predicted molar refractivity (Wildman–Crippen MR) is 117 cm³/mol. The van der Waals surface area contributed by atoms with Gasteiger partial charge in [0.25, 0.3) is 0 Å². The predicted octanol–water partition coefficient (Wildman–Crippen LogP) is 4.66. The summed E-state index contributed by atoms with van der Waals surface area (Å²) in [5.74, 6) is 2.10. The minimum atomic E-state index is -0.199. The number of hydrogen-bond donors (Lipinski definition) is 0. The number of imide groups is 1. The van der Waals surface area contributed by atoms with E-state index in [0.717, 1.165) is 44.9 Å². The zero-order valence-electron chi connectivity index (χ0n) is 19.4. The van der Waals surface area contributed by atoms with Crippen molar-refractivity contribution in [3.63, 3.8) is 0 Å². The molecule has 0 heterocycles. The fourth-order valence-electron chi connectivity index (χ4n) is 7.78. The van der Waals surface area contributed by atoms with Crippen LogP contribution in [-0.2, 0) is 9.59 Å². The average Bonchev–Trinajstić information content (AvgIpc) is 3.06. The van der Waals surface area contributed by atoms with Gasteiger partial charge < -0.3 is 4.90 Å². The first-order valence-electron chi connectivity index (χ1n) is 11.9. The molecule has 5 heteroatoms. The highest BCUT2D eigenvalue weighted by Gasteiger charge is 2.60. The molecule has 166 valence electrons. The second-order valence-electron chi connectivity index (χ2n) is 10.9. The molecule has 4 rings (SSSR count). The first kappa shape index (κ1) is 21.6. The molecule has 6 atom stereocenters. The highest BCUT2D eigenvalue weighted by Crippen LogP contribution is 2.66. The van der Waals surface area contributed by atoms with Crippen molar-refractivity contribution in [3.8, 4) is 0 Å². The zero-order chi connectivity index (χ0) is 21.8. The molecule has 0 aromatic heterocycles. The summed E-state index contributed by atoms with van der Waals surface area (Å²) in [6.07, 6.45) is 10.0. The fourth-order valence-corrected chi connectivity index (χ4v) is 7.78. The van der Waals surface area contributed by atoms with Crippen LogP contribution in [0.15, 0.2) is 11.6 Å². The van der Waals surface area contributed by atoms with Crippen LogP contribution in [0.3, 0.4) is 0 Å². The topological polar surface area (TPSA) is 57.7 Å². The zero-order valence-corrected chi connectivity index (χ0v) is 19.4. The lowest BCUT2D eigenvalue weighted by Gasteiger charge is -2.58. The van der Waals surface area contributed by atoms with Gasteiger partial charge in [-0.2, -0.15) is 0 Å². The number of rotatable bonds is 2. The SMILES string of the molecule is CCN(C(=O)[C@H]1CC[C@H]2[C@@H]3CCC4=CC(=O)CC[C@]4(C)[C@H]3CC[C@]12C)C(=O)N(C)C. The quantitative estimate of drug-likeness (QED) is 0.660. The third-order valence-corrected chi connectivity index (χ3v) is 9.46. The summed E-state index contributed by atoms with van der Waals surface area (Å²) in [4.78, 5) is 41.1. The van der Waals surface area contributed by atoms with Gasteiger partial charge in [0, 0.05) is 33.0 Å². The Hall–Kier alpha value is -1.65. The summed E-state index contributed by atoms with van der Waals surface area (Å²) in [6.45, 7) is 7.05. The lowest BCUT2D eigenvalue weighted by atomic mass is 9.47. The number of nitrogens with zero attached hydrogens (tertiary/aromatic N) is 2. The second kappa shape index (κ2) is 7.49. The number of allylic oxidation sites excluding steroid dienone is 1. The number of carbonyl (C=O) groups is 3. The van der Waals surface area contributed by atoms with Crippen LogP contribution < -0.4 is 0 Å². The Morgan fingerprint density at radius 2 is 1.77 bits per heavy atom. The molecule has 3 fully saturated rings. The van der Waals surface area contributed by atoms with Crippen LogP contribution in [0.1, 0.15) is 72.1 Å². The van der Waals surface area contributed by atoms with Crippen LogP contribution in [0, 0.1) is 34.5 Å². The standard InChI is InChI=1S/C25H38N2O3/c1-6-27(23(30)26(4)5)22(29)21-10-9-19-18-8-7-16-15-17(28)11-13-24(16,2)20(18)12-14-25(19,21)3/h15,18-21H,6-14H2,1-5H3/t18-,19-,20-,21+,24-,25-/m0/s1. The number of amides is 3. The number of hydrogen-bond acceptors (Lipinski definition) is 3. The van der Waals surface area contributed by atoms with Gasteiger partial charge in [0.05, 0.1) is 0 Å². The van der Waals surface area contributed by atoms with Crippen LogP contribution >= 0.6 is 0 Å². The minimum absolute atomic E-state index is 0.0136. The van der Waals surface area contributed by atoms with Crippen LogP contribution in [0.4, 0.5) is 4.79 Å². The fraction of sp³-hybridized carbons (Fsp3) is 0.800. The van der Waals surface area contributed by atoms with Gasteiger partial charge in [0.15, 0.2) is 5.78 Å². The molecular weight excluding hydrogens is 376 g/mol. The van der Waals surface area contributed by atoms with E-state index >= 15 is 0 Å². The van der Waals surface area contributed by atoms with E-state index in [1.807, 2.05) is 13.0 Å². The van der Waals surface area contributed by atoms with Crippen molar-refractivity contribution in [3.05, 3.63) is 11.6 Å². The Bertz CT molecular complexity index is 787. The number of carbonyl (C=O) groups excluding carboxylic acids is 3. The molecule has 0 aromatic rings. The molecule has 0 radical (unpaired) electrons. The van der Waals surface area contributed by atoms with Crippen LogP contribution in [0.25, 0.3) is 0 Å². The molecule has 5 nitrogen and oxygen atoms in total. The molecular formula is C25H38N2O3. The summed E-state index contributed by atoms with van der Waals surface area (Å²) in [5.41, 5.74) is 1.54. The van der Waals surface area contributed by atoms with Crippen molar-refractivity contribution < 1.29 is 14.4 Å². The molecule has 0 spiro atoms. The summed E-state index contributed by atoms with van der Waals surface area (Å²) >= 11 is 0. The third kappa shape index (κ3) is 3.06. The minimum Gasteiger partial charge on any atom is -0.330 e. The van der Waals surface area contributed by atoms with Crippen LogP contribution in [-0.4, -0.2) is 48.2 Å². The van der Waals surface area contributed by atoms with Crippen molar-refractivity contribution in [2.24, 2.45) is 34.5 Å². The lowest BCUT2D eigenvalue weighted by molar-refractivity contribution is -0.140. The molecule has 4 aliphatic carbocycles. The summed E-state index contributed by atoms with van der Waals surface area (Å²) in [6, 6.07) is -0.199. The maximum atomic E-state index is 13.5. The first-order chi connectivity index (χ1) is 14.1. The highest BCUT2D eigenvalue weighted by molar-refractivity contribution is 5.96. The Balaban J connectivity index is 1.59. The van der Waals surface area contributed by atoms with Crippen molar-refractivity contribution in [1.82, 2.24) is 9.80 Å². The highest BCUT2D eigenvalue weighted by atomic mass is 16.2. The summed E-state index contributed by atoms with van der Waals surface area (Å²) in [7, 11) is 3.43. The summed E-state index contributed by atoms with van der Waals surface area (Å²) < 4.78 is 0. The molecule has 0 N–H and O–H groups in total.